The van der Waals surface area contributed by atoms with Crippen LogP contribution in [-0.2, 0) is 9.47 Å². The van der Waals surface area contributed by atoms with E-state index in [1.54, 1.807) is 0 Å². The van der Waals surface area contributed by atoms with Gasteiger partial charge in [-0.15, -0.1) is 0 Å². The van der Waals surface area contributed by atoms with Crippen LogP contribution in [-0.4, -0.2) is 71.2 Å². The van der Waals surface area contributed by atoms with Crippen LogP contribution in [0.25, 0.3) is 11.0 Å². The summed E-state index contributed by atoms with van der Waals surface area (Å²) in [5, 5.41) is 10.3. The maximum atomic E-state index is 12.4. The van der Waals surface area contributed by atoms with Gasteiger partial charge in [0.15, 0.2) is 0 Å². The molecule has 1 aromatic heterocycles. The number of nitrogens with zero attached hydrogens (tertiary/aromatic N) is 2. The van der Waals surface area contributed by atoms with E-state index in [-0.39, 0.29) is 17.8 Å². The van der Waals surface area contributed by atoms with Gasteiger partial charge in [-0.1, -0.05) is 12.1 Å². The number of fused-ring (bicyclic) bond motifs is 1. The maximum Gasteiger partial charge on any atom is 0.326 e. The number of aliphatic hydroxyl groups is 1. The summed E-state index contributed by atoms with van der Waals surface area (Å²) in [6.07, 6.45) is 3.40. The second-order valence-corrected chi connectivity index (χ2v) is 7.65. The van der Waals surface area contributed by atoms with Crippen molar-refractivity contribution in [1.82, 2.24) is 14.5 Å². The molecular formula is C20H29N3O4. The van der Waals surface area contributed by atoms with Crippen LogP contribution in [0.2, 0.25) is 0 Å². The lowest BCUT2D eigenvalue weighted by Gasteiger charge is -2.34. The zero-order valence-corrected chi connectivity index (χ0v) is 15.7. The van der Waals surface area contributed by atoms with Crippen molar-refractivity contribution >= 4 is 11.0 Å². The van der Waals surface area contributed by atoms with Crippen molar-refractivity contribution < 1.29 is 14.6 Å². The summed E-state index contributed by atoms with van der Waals surface area (Å²) in [6, 6.07) is 8.06. The van der Waals surface area contributed by atoms with E-state index >= 15 is 0 Å². The summed E-state index contributed by atoms with van der Waals surface area (Å²) in [5.74, 6) is 0. The van der Waals surface area contributed by atoms with E-state index in [2.05, 4.69) is 9.88 Å². The summed E-state index contributed by atoms with van der Waals surface area (Å²) in [5.41, 5.74) is 1.84. The molecule has 3 heterocycles. The fourth-order valence-corrected chi connectivity index (χ4v) is 4.24. The first-order chi connectivity index (χ1) is 13.2. The molecule has 7 heteroatoms. The molecule has 0 amide bonds. The van der Waals surface area contributed by atoms with Crippen LogP contribution < -0.4 is 5.69 Å². The van der Waals surface area contributed by atoms with Crippen molar-refractivity contribution in [1.29, 1.82) is 0 Å². The van der Waals surface area contributed by atoms with Crippen molar-refractivity contribution in [2.24, 2.45) is 0 Å². The number of piperidine rings is 1. The Balaban J connectivity index is 1.27. The Morgan fingerprint density at radius 2 is 1.93 bits per heavy atom. The molecule has 1 aromatic carbocycles. The number of aliphatic hydroxyl groups excluding tert-OH is 1. The first-order valence-electron chi connectivity index (χ1n) is 9.99. The lowest BCUT2D eigenvalue weighted by Crippen LogP contribution is -2.42. The number of para-hydroxylation sites is 2. The van der Waals surface area contributed by atoms with Crippen LogP contribution in [0.1, 0.15) is 31.7 Å². The zero-order chi connectivity index (χ0) is 18.6. The third-order valence-electron chi connectivity index (χ3n) is 5.71. The van der Waals surface area contributed by atoms with Gasteiger partial charge in [0, 0.05) is 38.9 Å². The molecule has 1 unspecified atom stereocenters. The minimum absolute atomic E-state index is 0.0282. The monoisotopic (exact) mass is 375 g/mol. The number of aromatic amines is 1. The molecule has 0 spiro atoms. The number of hydrogen-bond donors (Lipinski definition) is 2. The molecule has 2 fully saturated rings. The van der Waals surface area contributed by atoms with Crippen molar-refractivity contribution in [3.8, 4) is 0 Å². The molecule has 27 heavy (non-hydrogen) atoms. The van der Waals surface area contributed by atoms with Crippen LogP contribution >= 0.6 is 0 Å². The number of aromatic nitrogens is 2. The number of imidazole rings is 1. The second kappa shape index (κ2) is 8.56. The Bertz CT molecular complexity index is 788. The summed E-state index contributed by atoms with van der Waals surface area (Å²) in [4.78, 5) is 17.6. The third kappa shape index (κ3) is 4.43. The van der Waals surface area contributed by atoms with E-state index in [0.717, 1.165) is 63.0 Å². The average Bonchev–Trinajstić information content (AvgIpc) is 3.04. The molecule has 2 aliphatic heterocycles. The third-order valence-corrected chi connectivity index (χ3v) is 5.71. The normalized spacial score (nSPS) is 21.7. The van der Waals surface area contributed by atoms with Crippen molar-refractivity contribution in [3.05, 3.63) is 34.7 Å². The fourth-order valence-electron chi connectivity index (χ4n) is 4.24. The predicted molar refractivity (Wildman–Crippen MR) is 103 cm³/mol. The number of likely N-dealkylation sites (tertiary alicyclic amines) is 1. The van der Waals surface area contributed by atoms with Crippen LogP contribution in [0, 0.1) is 0 Å². The van der Waals surface area contributed by atoms with Gasteiger partial charge in [0.25, 0.3) is 0 Å². The summed E-state index contributed by atoms with van der Waals surface area (Å²) in [6.45, 7) is 4.27. The second-order valence-electron chi connectivity index (χ2n) is 7.65. The first kappa shape index (κ1) is 18.7. The van der Waals surface area contributed by atoms with Crippen molar-refractivity contribution in [3.63, 3.8) is 0 Å². The van der Waals surface area contributed by atoms with Crippen molar-refractivity contribution in [2.75, 3.05) is 39.5 Å². The summed E-state index contributed by atoms with van der Waals surface area (Å²) in [7, 11) is 0. The molecule has 2 aliphatic rings. The summed E-state index contributed by atoms with van der Waals surface area (Å²) >= 11 is 0. The fraction of sp³-hybridized carbons (Fsp3) is 0.650. The molecular weight excluding hydrogens is 346 g/mol. The van der Waals surface area contributed by atoms with Gasteiger partial charge in [0.2, 0.25) is 0 Å². The molecule has 2 aromatic rings. The molecule has 2 N–H and O–H groups in total. The number of β-amino-alcohol motifs (C(OH)–C–C–N with tert-alkyl or cyclic N) is 1. The smallest absolute Gasteiger partial charge is 0.326 e. The van der Waals surface area contributed by atoms with Crippen LogP contribution in [0.3, 0.4) is 0 Å². The topological polar surface area (TPSA) is 79.7 Å². The van der Waals surface area contributed by atoms with Crippen LogP contribution in [0.4, 0.5) is 0 Å². The SMILES string of the molecule is O=c1[nH]c2ccccc2n1C1CCN(CC(O)COC2CCOCC2)CC1. The predicted octanol–water partition coefficient (Wildman–Crippen LogP) is 1.52. The van der Waals surface area contributed by atoms with Crippen LogP contribution in [0.15, 0.2) is 29.1 Å². The van der Waals surface area contributed by atoms with Crippen LogP contribution in [0.5, 0.6) is 0 Å². The Morgan fingerprint density at radius 1 is 1.19 bits per heavy atom. The zero-order valence-electron chi connectivity index (χ0n) is 15.7. The van der Waals surface area contributed by atoms with Gasteiger partial charge in [-0.05, 0) is 37.8 Å². The molecule has 1 atom stereocenters. The lowest BCUT2D eigenvalue weighted by atomic mass is 10.0. The Kier molecular flexibility index (Phi) is 5.92. The van der Waals surface area contributed by atoms with Gasteiger partial charge >= 0.3 is 5.69 Å². The first-order valence-corrected chi connectivity index (χ1v) is 9.99. The summed E-state index contributed by atoms with van der Waals surface area (Å²) < 4.78 is 13.1. The average molecular weight is 375 g/mol. The lowest BCUT2D eigenvalue weighted by molar-refractivity contribution is -0.0652. The molecule has 0 saturated carbocycles. The van der Waals surface area contributed by atoms with Gasteiger partial charge in [0.1, 0.15) is 0 Å². The Labute approximate surface area is 158 Å². The number of ether oxygens (including phenoxy) is 2. The van der Waals surface area contributed by atoms with E-state index < -0.39 is 6.10 Å². The molecule has 148 valence electrons. The van der Waals surface area contributed by atoms with E-state index in [1.807, 2.05) is 28.8 Å². The quantitative estimate of drug-likeness (QED) is 0.800. The minimum atomic E-state index is -0.472. The molecule has 2 saturated heterocycles. The molecule has 0 aliphatic carbocycles. The number of benzene rings is 1. The standard InChI is InChI=1S/C20H29N3O4/c24-16(14-27-17-7-11-26-12-8-17)13-22-9-5-15(6-10-22)23-19-4-2-1-3-18(19)21-20(23)25/h1-4,15-17,24H,5-14H2,(H,21,25). The van der Waals surface area contributed by atoms with Gasteiger partial charge in [-0.2, -0.15) is 0 Å². The van der Waals surface area contributed by atoms with Crippen molar-refractivity contribution in [2.45, 2.75) is 43.9 Å². The highest BCUT2D eigenvalue weighted by atomic mass is 16.5. The van der Waals surface area contributed by atoms with Gasteiger partial charge < -0.3 is 24.5 Å². The molecule has 7 nitrogen and oxygen atoms in total. The number of H-pyrrole nitrogens is 1. The number of hydrogen-bond acceptors (Lipinski definition) is 5. The Hall–Kier alpha value is -1.67. The van der Waals surface area contributed by atoms with Gasteiger partial charge in [-0.3, -0.25) is 4.57 Å². The van der Waals surface area contributed by atoms with E-state index in [1.165, 1.54) is 0 Å². The largest absolute Gasteiger partial charge is 0.389 e. The van der Waals surface area contributed by atoms with E-state index in [9.17, 15) is 9.90 Å². The number of rotatable bonds is 6. The highest BCUT2D eigenvalue weighted by molar-refractivity contribution is 5.75. The highest BCUT2D eigenvalue weighted by Gasteiger charge is 2.25. The Morgan fingerprint density at radius 3 is 2.70 bits per heavy atom. The molecule has 0 radical (unpaired) electrons. The van der Waals surface area contributed by atoms with Gasteiger partial charge in [0.05, 0.1) is 29.8 Å². The highest BCUT2D eigenvalue weighted by Crippen LogP contribution is 2.25. The van der Waals surface area contributed by atoms with E-state index in [0.29, 0.717) is 13.2 Å². The molecule has 4 rings (SSSR count). The maximum absolute atomic E-state index is 12.4. The van der Waals surface area contributed by atoms with Gasteiger partial charge in [-0.25, -0.2) is 4.79 Å². The number of nitrogens with one attached hydrogen (secondary N) is 1. The molecule has 0 bridgehead atoms. The minimum Gasteiger partial charge on any atom is -0.389 e. The van der Waals surface area contributed by atoms with E-state index in [4.69, 9.17) is 9.47 Å².